The Hall–Kier alpha value is -1.93. The number of hydrogen-bond acceptors (Lipinski definition) is 5. The van der Waals surface area contributed by atoms with Crippen molar-refractivity contribution in [3.05, 3.63) is 62.9 Å². The van der Waals surface area contributed by atoms with Gasteiger partial charge in [0.05, 0.1) is 26.5 Å². The van der Waals surface area contributed by atoms with Crippen molar-refractivity contribution in [1.29, 1.82) is 0 Å². The van der Waals surface area contributed by atoms with Crippen LogP contribution in [-0.4, -0.2) is 26.4 Å². The number of rotatable bonds is 9. The summed E-state index contributed by atoms with van der Waals surface area (Å²) in [7, 11) is 0. The summed E-state index contributed by atoms with van der Waals surface area (Å²) in [6.07, 6.45) is 0.982. The Morgan fingerprint density at radius 2 is 1.77 bits per heavy atom. The number of halogens is 3. The molecule has 1 amide bonds. The molecule has 0 saturated heterocycles. The van der Waals surface area contributed by atoms with Crippen LogP contribution in [0.5, 0.6) is 5.75 Å². The molecule has 0 fully saturated rings. The number of hydrogen-bond donors (Lipinski definition) is 1. The molecule has 0 bridgehead atoms. The number of anilines is 1. The molecule has 1 N–H and O–H groups in total. The van der Waals surface area contributed by atoms with Crippen LogP contribution in [0.4, 0.5) is 5.69 Å². The lowest BCUT2D eigenvalue weighted by Gasteiger charge is -2.10. The molecular weight excluding hydrogens is 479 g/mol. The van der Waals surface area contributed by atoms with Gasteiger partial charge in [-0.15, -0.1) is 10.2 Å². The summed E-state index contributed by atoms with van der Waals surface area (Å²) in [5.41, 5.74) is 1.66. The van der Waals surface area contributed by atoms with Crippen LogP contribution in [0.25, 0.3) is 0 Å². The van der Waals surface area contributed by atoms with E-state index in [9.17, 15) is 4.79 Å². The quantitative estimate of drug-likeness (QED) is 0.283. The largest absolute Gasteiger partial charge is 0.486 e. The van der Waals surface area contributed by atoms with Gasteiger partial charge in [0, 0.05) is 6.54 Å². The van der Waals surface area contributed by atoms with Gasteiger partial charge in [-0.2, -0.15) is 0 Å². The minimum Gasteiger partial charge on any atom is -0.486 e. The van der Waals surface area contributed by atoms with E-state index in [2.05, 4.69) is 22.4 Å². The number of amides is 1. The van der Waals surface area contributed by atoms with E-state index < -0.39 is 0 Å². The number of nitrogens with zero attached hydrogens (tertiary/aromatic N) is 3. The summed E-state index contributed by atoms with van der Waals surface area (Å²) in [6, 6.07) is 11.0. The van der Waals surface area contributed by atoms with Crippen LogP contribution < -0.4 is 10.1 Å². The van der Waals surface area contributed by atoms with E-state index in [1.165, 1.54) is 29.5 Å². The second-order valence-corrected chi connectivity index (χ2v) is 8.68. The van der Waals surface area contributed by atoms with Gasteiger partial charge in [0.2, 0.25) is 5.91 Å². The molecule has 0 aliphatic rings. The van der Waals surface area contributed by atoms with Crippen LogP contribution in [0.2, 0.25) is 15.1 Å². The Balaban J connectivity index is 1.58. The average Bonchev–Trinajstić information content (AvgIpc) is 3.16. The van der Waals surface area contributed by atoms with Crippen molar-refractivity contribution in [3.8, 4) is 5.75 Å². The molecule has 0 spiro atoms. The van der Waals surface area contributed by atoms with Gasteiger partial charge in [0.15, 0.2) is 11.0 Å². The first kappa shape index (κ1) is 23.7. The summed E-state index contributed by atoms with van der Waals surface area (Å²) in [4.78, 5) is 12.4. The Bertz CT molecular complexity index is 1060. The number of benzene rings is 2. The number of aromatic nitrogens is 3. The molecular formula is C21H21Cl3N4O2S. The smallest absolute Gasteiger partial charge is 0.234 e. The number of carbonyl (C=O) groups excluding carboxylic acids is 1. The Morgan fingerprint density at radius 1 is 1.06 bits per heavy atom. The lowest BCUT2D eigenvalue weighted by atomic mass is 10.2. The molecule has 0 unspecified atom stereocenters. The van der Waals surface area contributed by atoms with Crippen molar-refractivity contribution in [3.63, 3.8) is 0 Å². The van der Waals surface area contributed by atoms with Crippen LogP contribution in [0.1, 0.15) is 25.2 Å². The number of ether oxygens (including phenoxy) is 1. The number of carbonyl (C=O) groups is 1. The maximum Gasteiger partial charge on any atom is 0.234 e. The molecule has 6 nitrogen and oxygen atoms in total. The summed E-state index contributed by atoms with van der Waals surface area (Å²) in [6.45, 7) is 5.04. The zero-order valence-electron chi connectivity index (χ0n) is 17.0. The van der Waals surface area contributed by atoms with Crippen molar-refractivity contribution >= 4 is 58.2 Å². The van der Waals surface area contributed by atoms with Crippen LogP contribution in [0.3, 0.4) is 0 Å². The molecule has 31 heavy (non-hydrogen) atoms. The Labute approximate surface area is 200 Å². The van der Waals surface area contributed by atoms with Gasteiger partial charge in [-0.05, 0) is 43.2 Å². The Morgan fingerprint density at radius 3 is 2.45 bits per heavy atom. The molecule has 1 aromatic heterocycles. The molecule has 164 valence electrons. The van der Waals surface area contributed by atoms with E-state index in [0.29, 0.717) is 38.3 Å². The molecule has 10 heteroatoms. The SMILES string of the molecule is CCc1ccc(OCc2nnc(SCC(=O)Nc3cc(Cl)c(Cl)cc3Cl)n2CC)cc1. The zero-order chi connectivity index (χ0) is 22.4. The summed E-state index contributed by atoms with van der Waals surface area (Å²) in [5.74, 6) is 1.35. The first-order chi connectivity index (χ1) is 14.9. The summed E-state index contributed by atoms with van der Waals surface area (Å²) < 4.78 is 7.76. The van der Waals surface area contributed by atoms with Gasteiger partial charge in [-0.25, -0.2) is 0 Å². The fraction of sp³-hybridized carbons (Fsp3) is 0.286. The second-order valence-electron chi connectivity index (χ2n) is 6.51. The van der Waals surface area contributed by atoms with Gasteiger partial charge in [-0.3, -0.25) is 4.79 Å². The highest BCUT2D eigenvalue weighted by molar-refractivity contribution is 7.99. The van der Waals surface area contributed by atoms with E-state index in [4.69, 9.17) is 39.5 Å². The molecule has 0 atom stereocenters. The third-order valence-corrected chi connectivity index (χ3v) is 6.43. The van der Waals surface area contributed by atoms with Crippen LogP contribution in [0.15, 0.2) is 41.6 Å². The van der Waals surface area contributed by atoms with Gasteiger partial charge in [-0.1, -0.05) is 65.6 Å². The number of nitrogens with one attached hydrogen (secondary N) is 1. The fourth-order valence-corrected chi connectivity index (χ4v) is 4.17. The molecule has 3 aromatic rings. The maximum absolute atomic E-state index is 12.4. The number of thioether (sulfide) groups is 1. The van der Waals surface area contributed by atoms with E-state index in [0.717, 1.165) is 12.2 Å². The van der Waals surface area contributed by atoms with E-state index >= 15 is 0 Å². The predicted molar refractivity (Wildman–Crippen MR) is 127 cm³/mol. The fourth-order valence-electron chi connectivity index (χ4n) is 2.75. The van der Waals surface area contributed by atoms with Gasteiger partial charge in [0.1, 0.15) is 12.4 Å². The highest BCUT2D eigenvalue weighted by Crippen LogP contribution is 2.32. The van der Waals surface area contributed by atoms with Crippen molar-refractivity contribution in [2.24, 2.45) is 0 Å². The van der Waals surface area contributed by atoms with E-state index in [1.54, 1.807) is 0 Å². The van der Waals surface area contributed by atoms with Crippen molar-refractivity contribution in [2.45, 2.75) is 38.6 Å². The lowest BCUT2D eigenvalue weighted by Crippen LogP contribution is -2.15. The minimum absolute atomic E-state index is 0.133. The average molecular weight is 500 g/mol. The predicted octanol–water partition coefficient (Wildman–Crippen LogP) is 6.13. The first-order valence-electron chi connectivity index (χ1n) is 9.62. The van der Waals surface area contributed by atoms with E-state index in [1.807, 2.05) is 35.8 Å². The molecule has 0 aliphatic carbocycles. The summed E-state index contributed by atoms with van der Waals surface area (Å²) >= 11 is 19.3. The lowest BCUT2D eigenvalue weighted by molar-refractivity contribution is -0.113. The van der Waals surface area contributed by atoms with Gasteiger partial charge in [0.25, 0.3) is 0 Å². The van der Waals surface area contributed by atoms with E-state index in [-0.39, 0.29) is 18.3 Å². The maximum atomic E-state index is 12.4. The number of aryl methyl sites for hydroxylation is 1. The molecule has 2 aromatic carbocycles. The highest BCUT2D eigenvalue weighted by atomic mass is 35.5. The highest BCUT2D eigenvalue weighted by Gasteiger charge is 2.15. The molecule has 3 rings (SSSR count). The first-order valence-corrected chi connectivity index (χ1v) is 11.7. The summed E-state index contributed by atoms with van der Waals surface area (Å²) in [5, 5.41) is 12.7. The second kappa shape index (κ2) is 11.1. The van der Waals surface area contributed by atoms with Crippen molar-refractivity contribution in [2.75, 3.05) is 11.1 Å². The third-order valence-electron chi connectivity index (χ3n) is 4.43. The molecule has 0 aliphatic heterocycles. The van der Waals surface area contributed by atoms with Crippen molar-refractivity contribution < 1.29 is 9.53 Å². The molecule has 1 heterocycles. The van der Waals surface area contributed by atoms with Crippen LogP contribution >= 0.6 is 46.6 Å². The normalized spacial score (nSPS) is 10.9. The van der Waals surface area contributed by atoms with Crippen LogP contribution in [-0.2, 0) is 24.4 Å². The molecule has 0 saturated carbocycles. The van der Waals surface area contributed by atoms with Gasteiger partial charge < -0.3 is 14.6 Å². The van der Waals surface area contributed by atoms with Gasteiger partial charge >= 0.3 is 0 Å². The Kier molecular flexibility index (Phi) is 8.49. The topological polar surface area (TPSA) is 69.0 Å². The third kappa shape index (κ3) is 6.29. The molecule has 0 radical (unpaired) electrons. The minimum atomic E-state index is -0.246. The van der Waals surface area contributed by atoms with Crippen molar-refractivity contribution in [1.82, 2.24) is 14.8 Å². The standard InChI is InChI=1S/C21H21Cl3N4O2S/c1-3-13-5-7-14(8-6-13)30-11-19-26-27-21(28(19)4-2)31-12-20(29)25-18-10-16(23)15(22)9-17(18)24/h5-10H,3-4,11-12H2,1-2H3,(H,25,29). The zero-order valence-corrected chi connectivity index (χ0v) is 20.1. The van der Waals surface area contributed by atoms with Crippen LogP contribution in [0, 0.1) is 0 Å². The monoisotopic (exact) mass is 498 g/mol.